The number of methoxy groups -OCH3 is 1. The Morgan fingerprint density at radius 3 is 2.89 bits per heavy atom. The molecule has 0 radical (unpaired) electrons. The number of nitrogens with zero attached hydrogens (tertiary/aromatic N) is 1. The lowest BCUT2D eigenvalue weighted by Gasteiger charge is -2.31. The fraction of sp³-hybridized carbons (Fsp3) is 0.818. The molecule has 0 aromatic carbocycles. The quantitative estimate of drug-likeness (QED) is 0.623. The normalized spacial score (nSPS) is 21.4. The van der Waals surface area contributed by atoms with Gasteiger partial charge in [-0.05, 0) is 12.8 Å². The molecule has 2 atom stereocenters. The third-order valence-electron chi connectivity index (χ3n) is 2.95. The van der Waals surface area contributed by atoms with Crippen molar-refractivity contribution in [3.05, 3.63) is 0 Å². The van der Waals surface area contributed by atoms with Crippen LogP contribution in [0.15, 0.2) is 0 Å². The minimum atomic E-state index is -1.05. The molecule has 0 bridgehead atoms. The number of aliphatic carboxylic acids is 1. The van der Waals surface area contributed by atoms with E-state index in [9.17, 15) is 9.59 Å². The summed E-state index contributed by atoms with van der Waals surface area (Å²) in [6.45, 7) is 1.38. The van der Waals surface area contributed by atoms with Gasteiger partial charge in [-0.3, -0.25) is 0 Å². The van der Waals surface area contributed by atoms with Crippen molar-refractivity contribution < 1.29 is 19.4 Å². The van der Waals surface area contributed by atoms with Gasteiger partial charge in [0.15, 0.2) is 0 Å². The van der Waals surface area contributed by atoms with Crippen LogP contribution >= 0.6 is 0 Å². The van der Waals surface area contributed by atoms with Crippen molar-refractivity contribution in [3.8, 4) is 0 Å². The van der Waals surface area contributed by atoms with Crippen LogP contribution in [-0.4, -0.2) is 60.9 Å². The highest BCUT2D eigenvalue weighted by Crippen LogP contribution is 2.08. The van der Waals surface area contributed by atoms with Crippen LogP contribution in [0.1, 0.15) is 19.3 Å². The molecule has 0 aromatic heterocycles. The summed E-state index contributed by atoms with van der Waals surface area (Å²) in [7, 11) is 1.49. The summed E-state index contributed by atoms with van der Waals surface area (Å²) in [4.78, 5) is 24.4. The molecule has 18 heavy (non-hydrogen) atoms. The maximum Gasteiger partial charge on any atom is 0.326 e. The van der Waals surface area contributed by atoms with Crippen molar-refractivity contribution in [2.24, 2.45) is 5.73 Å². The Balaban J connectivity index is 2.46. The number of carboxylic acid groups (broad SMARTS) is 1. The largest absolute Gasteiger partial charge is 0.480 e. The van der Waals surface area contributed by atoms with Crippen molar-refractivity contribution in [1.29, 1.82) is 0 Å². The first kappa shape index (κ1) is 14.7. The summed E-state index contributed by atoms with van der Waals surface area (Å²) in [6.07, 6.45) is 2.00. The highest BCUT2D eigenvalue weighted by Gasteiger charge is 2.25. The Labute approximate surface area is 106 Å². The monoisotopic (exact) mass is 259 g/mol. The summed E-state index contributed by atoms with van der Waals surface area (Å²) in [5.74, 6) is -1.05. The number of hydrogen-bond donors (Lipinski definition) is 3. The van der Waals surface area contributed by atoms with Gasteiger partial charge in [-0.15, -0.1) is 0 Å². The van der Waals surface area contributed by atoms with Crippen LogP contribution in [0.3, 0.4) is 0 Å². The van der Waals surface area contributed by atoms with Gasteiger partial charge in [-0.1, -0.05) is 0 Å². The first-order valence-corrected chi connectivity index (χ1v) is 6.07. The van der Waals surface area contributed by atoms with Crippen LogP contribution in [-0.2, 0) is 9.53 Å². The van der Waals surface area contributed by atoms with E-state index in [-0.39, 0.29) is 25.1 Å². The molecule has 4 N–H and O–H groups in total. The molecule has 1 rings (SSSR count). The van der Waals surface area contributed by atoms with E-state index in [2.05, 4.69) is 5.32 Å². The van der Waals surface area contributed by atoms with E-state index in [1.54, 1.807) is 4.90 Å². The summed E-state index contributed by atoms with van der Waals surface area (Å²) in [5.41, 5.74) is 5.78. The molecule has 0 aliphatic carbocycles. The number of rotatable bonds is 5. The molecule has 7 heteroatoms. The summed E-state index contributed by atoms with van der Waals surface area (Å²) >= 11 is 0. The smallest absolute Gasteiger partial charge is 0.326 e. The van der Waals surface area contributed by atoms with E-state index in [0.717, 1.165) is 12.8 Å². The standard InChI is InChI=1S/C11H21N3O4/c1-18-6-4-9(10(15)16)13-11(17)14-5-2-3-8(12)7-14/h8-9H,2-7,12H2,1H3,(H,13,17)(H,15,16). The molecule has 2 unspecified atom stereocenters. The highest BCUT2D eigenvalue weighted by molar-refractivity contribution is 5.82. The van der Waals surface area contributed by atoms with Gasteiger partial charge in [-0.2, -0.15) is 0 Å². The second-order valence-electron chi connectivity index (χ2n) is 4.47. The van der Waals surface area contributed by atoms with Crippen molar-refractivity contribution >= 4 is 12.0 Å². The summed E-state index contributed by atoms with van der Waals surface area (Å²) < 4.78 is 4.82. The molecule has 104 valence electrons. The van der Waals surface area contributed by atoms with Crippen LogP contribution in [0.2, 0.25) is 0 Å². The van der Waals surface area contributed by atoms with Crippen molar-refractivity contribution in [2.75, 3.05) is 26.8 Å². The van der Waals surface area contributed by atoms with Gasteiger partial charge in [0.05, 0.1) is 0 Å². The van der Waals surface area contributed by atoms with Crippen LogP contribution < -0.4 is 11.1 Å². The number of carbonyl (C=O) groups is 2. The lowest BCUT2D eigenvalue weighted by atomic mass is 10.1. The van der Waals surface area contributed by atoms with Crippen molar-refractivity contribution in [1.82, 2.24) is 10.2 Å². The fourth-order valence-electron chi connectivity index (χ4n) is 1.93. The zero-order valence-electron chi connectivity index (χ0n) is 10.6. The number of hydrogen-bond acceptors (Lipinski definition) is 4. The van der Waals surface area contributed by atoms with Crippen LogP contribution in [0.25, 0.3) is 0 Å². The molecule has 1 aliphatic rings. The Hall–Kier alpha value is -1.34. The van der Waals surface area contributed by atoms with E-state index in [1.165, 1.54) is 7.11 Å². The fourth-order valence-corrected chi connectivity index (χ4v) is 1.93. The maximum absolute atomic E-state index is 11.9. The SMILES string of the molecule is COCCC(NC(=O)N1CCCC(N)C1)C(=O)O. The zero-order valence-corrected chi connectivity index (χ0v) is 10.6. The average molecular weight is 259 g/mol. The number of likely N-dealkylation sites (tertiary alicyclic amines) is 1. The molecule has 0 spiro atoms. The van der Waals surface area contributed by atoms with Crippen LogP contribution in [0.5, 0.6) is 0 Å². The number of urea groups is 1. The van der Waals surface area contributed by atoms with Gasteiger partial charge in [0.25, 0.3) is 0 Å². The Bertz CT molecular complexity index is 298. The molecule has 1 aliphatic heterocycles. The van der Waals surface area contributed by atoms with Gasteiger partial charge < -0.3 is 25.8 Å². The number of ether oxygens (including phenoxy) is 1. The van der Waals surface area contributed by atoms with Crippen LogP contribution in [0.4, 0.5) is 4.79 Å². The first-order chi connectivity index (χ1) is 8.54. The van der Waals surface area contributed by atoms with E-state index in [1.807, 2.05) is 0 Å². The second kappa shape index (κ2) is 7.17. The number of nitrogens with two attached hydrogens (primary N) is 1. The minimum absolute atomic E-state index is 0.0215. The lowest BCUT2D eigenvalue weighted by Crippen LogP contribution is -2.53. The zero-order chi connectivity index (χ0) is 13.5. The highest BCUT2D eigenvalue weighted by atomic mass is 16.5. The predicted molar refractivity (Wildman–Crippen MR) is 65.2 cm³/mol. The van der Waals surface area contributed by atoms with E-state index in [0.29, 0.717) is 13.1 Å². The van der Waals surface area contributed by atoms with Gasteiger partial charge in [0.1, 0.15) is 6.04 Å². The number of nitrogens with one attached hydrogen (secondary N) is 1. The third kappa shape index (κ3) is 4.50. The van der Waals surface area contributed by atoms with E-state index >= 15 is 0 Å². The summed E-state index contributed by atoms with van der Waals surface area (Å²) in [6, 6.07) is -1.31. The van der Waals surface area contributed by atoms with E-state index < -0.39 is 12.0 Å². The summed E-state index contributed by atoms with van der Waals surface area (Å²) in [5, 5.41) is 11.5. The number of amides is 2. The van der Waals surface area contributed by atoms with Crippen LogP contribution in [0, 0.1) is 0 Å². The molecule has 0 saturated carbocycles. The molecular weight excluding hydrogens is 238 g/mol. The van der Waals surface area contributed by atoms with E-state index in [4.69, 9.17) is 15.6 Å². The molecule has 7 nitrogen and oxygen atoms in total. The van der Waals surface area contributed by atoms with Gasteiger partial charge in [0.2, 0.25) is 0 Å². The maximum atomic E-state index is 11.9. The minimum Gasteiger partial charge on any atom is -0.480 e. The average Bonchev–Trinajstić information content (AvgIpc) is 2.33. The Kier molecular flexibility index (Phi) is 5.87. The molecule has 1 fully saturated rings. The molecule has 1 heterocycles. The second-order valence-corrected chi connectivity index (χ2v) is 4.47. The predicted octanol–water partition coefficient (Wildman–Crippen LogP) is -0.391. The van der Waals surface area contributed by atoms with Gasteiger partial charge in [0, 0.05) is 39.3 Å². The first-order valence-electron chi connectivity index (χ1n) is 6.07. The molecule has 2 amide bonds. The third-order valence-corrected chi connectivity index (χ3v) is 2.95. The van der Waals surface area contributed by atoms with Gasteiger partial charge in [-0.25, -0.2) is 9.59 Å². The Morgan fingerprint density at radius 1 is 1.61 bits per heavy atom. The molecule has 0 aromatic rings. The number of carbonyl (C=O) groups excluding carboxylic acids is 1. The topological polar surface area (TPSA) is 105 Å². The number of piperidine rings is 1. The number of carboxylic acids is 1. The van der Waals surface area contributed by atoms with Gasteiger partial charge >= 0.3 is 12.0 Å². The molecular formula is C11H21N3O4. The Morgan fingerprint density at radius 2 is 2.33 bits per heavy atom. The molecule has 1 saturated heterocycles. The van der Waals surface area contributed by atoms with Crippen molar-refractivity contribution in [2.45, 2.75) is 31.3 Å². The lowest BCUT2D eigenvalue weighted by molar-refractivity contribution is -0.139. The van der Waals surface area contributed by atoms with Crippen molar-refractivity contribution in [3.63, 3.8) is 0 Å².